The van der Waals surface area contributed by atoms with Gasteiger partial charge in [-0.2, -0.15) is 5.10 Å². The first-order valence-electron chi connectivity index (χ1n) is 7.69. The van der Waals surface area contributed by atoms with Crippen LogP contribution in [0.3, 0.4) is 0 Å². The smallest absolute Gasteiger partial charge is 0.263 e. The summed E-state index contributed by atoms with van der Waals surface area (Å²) in [6.07, 6.45) is 2.99. The highest BCUT2D eigenvalue weighted by molar-refractivity contribution is 7.93. The lowest BCUT2D eigenvalue weighted by atomic mass is 10.2. The minimum atomic E-state index is -3.72. The lowest BCUT2D eigenvalue weighted by molar-refractivity contribution is 0.601. The maximum Gasteiger partial charge on any atom is 0.263 e. The third-order valence-corrected chi connectivity index (χ3v) is 6.34. The van der Waals surface area contributed by atoms with Crippen LogP contribution in [0.15, 0.2) is 69.1 Å². The average Bonchev–Trinajstić information content (AvgIpc) is 3.17. The Morgan fingerprint density at radius 1 is 1.14 bits per heavy atom. The normalized spacial score (nSPS) is 12.4. The number of thiazole rings is 1. The molecule has 0 fully saturated rings. The highest BCUT2D eigenvalue weighted by Gasteiger charge is 2.15. The molecule has 3 rings (SSSR count). The first kappa shape index (κ1) is 20.3. The minimum absolute atomic E-state index is 0.0820. The van der Waals surface area contributed by atoms with Crippen molar-refractivity contribution in [3.63, 3.8) is 0 Å². The van der Waals surface area contributed by atoms with Gasteiger partial charge in [-0.15, -0.1) is 16.4 Å². The molecule has 0 saturated heterocycles. The van der Waals surface area contributed by atoms with Crippen molar-refractivity contribution in [1.82, 2.24) is 4.98 Å². The van der Waals surface area contributed by atoms with E-state index >= 15 is 0 Å². The van der Waals surface area contributed by atoms with Gasteiger partial charge in [-0.05, 0) is 42.0 Å². The molecule has 0 aliphatic heterocycles. The van der Waals surface area contributed by atoms with Crippen LogP contribution >= 0.6 is 34.5 Å². The summed E-state index contributed by atoms with van der Waals surface area (Å²) in [5.41, 5.74) is 7.13. The zero-order valence-electron chi connectivity index (χ0n) is 14.1. The third kappa shape index (κ3) is 5.08. The molecule has 1 heterocycles. The largest absolute Gasteiger partial charge is 0.382 e. The van der Waals surface area contributed by atoms with E-state index in [1.807, 2.05) is 0 Å². The highest BCUT2D eigenvalue weighted by Crippen LogP contribution is 2.22. The molecule has 1 aromatic heterocycles. The average molecular weight is 454 g/mol. The molecular formula is C17H13Cl2N5O2S2. The zero-order valence-corrected chi connectivity index (χ0v) is 17.2. The standard InChI is InChI=1S/C17H13Cl2N5O2S2/c18-14-6-1-11(9-15(14)19)10-22-23-16(20)12-2-4-13(5-3-12)28(25,26)24-17-21-7-8-27-17/h1-10H,(H2,20,23)(H,21,24)/b22-10+. The maximum absolute atomic E-state index is 12.3. The number of sulfonamides is 1. The van der Waals surface area contributed by atoms with E-state index in [1.54, 1.807) is 35.7 Å². The van der Waals surface area contributed by atoms with Crippen LogP contribution in [-0.2, 0) is 10.0 Å². The third-order valence-electron chi connectivity index (χ3n) is 3.43. The van der Waals surface area contributed by atoms with Crippen LogP contribution in [0.25, 0.3) is 0 Å². The molecule has 0 spiro atoms. The van der Waals surface area contributed by atoms with E-state index < -0.39 is 10.0 Å². The summed E-state index contributed by atoms with van der Waals surface area (Å²) in [6.45, 7) is 0. The molecule has 0 amide bonds. The van der Waals surface area contributed by atoms with Gasteiger partial charge >= 0.3 is 0 Å². The second-order valence-electron chi connectivity index (χ2n) is 5.37. The quantitative estimate of drug-likeness (QED) is 0.333. The molecule has 28 heavy (non-hydrogen) atoms. The van der Waals surface area contributed by atoms with E-state index in [1.165, 1.54) is 35.9 Å². The van der Waals surface area contributed by atoms with E-state index in [-0.39, 0.29) is 10.7 Å². The number of amidine groups is 1. The number of halogens is 2. The number of nitrogens with two attached hydrogens (primary N) is 1. The Hall–Kier alpha value is -2.46. The minimum Gasteiger partial charge on any atom is -0.382 e. The van der Waals surface area contributed by atoms with E-state index in [4.69, 9.17) is 28.9 Å². The summed E-state index contributed by atoms with van der Waals surface area (Å²) in [6, 6.07) is 11.0. The van der Waals surface area contributed by atoms with Gasteiger partial charge in [0, 0.05) is 17.1 Å². The molecule has 7 nitrogen and oxygen atoms in total. The molecule has 0 atom stereocenters. The predicted octanol–water partition coefficient (Wildman–Crippen LogP) is 3.99. The molecule has 0 radical (unpaired) electrons. The number of aromatic nitrogens is 1. The van der Waals surface area contributed by atoms with Crippen LogP contribution in [0.5, 0.6) is 0 Å². The fraction of sp³-hybridized carbons (Fsp3) is 0. The number of nitrogens with one attached hydrogen (secondary N) is 1. The Morgan fingerprint density at radius 2 is 1.89 bits per heavy atom. The highest BCUT2D eigenvalue weighted by atomic mass is 35.5. The number of hydrogen-bond acceptors (Lipinski definition) is 6. The molecule has 0 saturated carbocycles. The van der Waals surface area contributed by atoms with Crippen molar-refractivity contribution in [3.05, 3.63) is 75.2 Å². The summed E-state index contributed by atoms with van der Waals surface area (Å²) in [5.74, 6) is 0.133. The second kappa shape index (κ2) is 8.70. The lowest BCUT2D eigenvalue weighted by Gasteiger charge is -2.06. The van der Waals surface area contributed by atoms with E-state index in [9.17, 15) is 8.42 Å². The van der Waals surface area contributed by atoms with E-state index in [2.05, 4.69) is 19.9 Å². The predicted molar refractivity (Wildman–Crippen MR) is 114 cm³/mol. The number of anilines is 1. The summed E-state index contributed by atoms with van der Waals surface area (Å²) in [5, 5.41) is 10.6. The fourth-order valence-electron chi connectivity index (χ4n) is 2.06. The van der Waals surface area contributed by atoms with Crippen LogP contribution in [0, 0.1) is 0 Å². The van der Waals surface area contributed by atoms with Crippen molar-refractivity contribution < 1.29 is 8.42 Å². The topological polar surface area (TPSA) is 110 Å². The monoisotopic (exact) mass is 453 g/mol. The molecule has 0 aliphatic rings. The molecule has 144 valence electrons. The van der Waals surface area contributed by atoms with Gasteiger partial charge in [0.1, 0.15) is 0 Å². The Kier molecular flexibility index (Phi) is 6.30. The van der Waals surface area contributed by atoms with Crippen molar-refractivity contribution >= 4 is 61.7 Å². The second-order valence-corrected chi connectivity index (χ2v) is 8.76. The molecule has 0 bridgehead atoms. The van der Waals surface area contributed by atoms with Gasteiger partial charge < -0.3 is 5.73 Å². The zero-order chi connectivity index (χ0) is 20.1. The molecule has 3 aromatic rings. The van der Waals surface area contributed by atoms with Crippen molar-refractivity contribution in [3.8, 4) is 0 Å². The van der Waals surface area contributed by atoms with Crippen LogP contribution in [0.2, 0.25) is 10.0 Å². The SMILES string of the molecule is NC(=N/N=C/c1ccc(Cl)c(Cl)c1)c1ccc(S(=O)(=O)Nc2nccs2)cc1. The Morgan fingerprint density at radius 3 is 2.54 bits per heavy atom. The number of nitrogens with zero attached hydrogens (tertiary/aromatic N) is 3. The Balaban J connectivity index is 1.72. The summed E-state index contributed by atoms with van der Waals surface area (Å²) >= 11 is 13.0. The summed E-state index contributed by atoms with van der Waals surface area (Å²) in [7, 11) is -3.72. The van der Waals surface area contributed by atoms with Gasteiger partial charge in [-0.1, -0.05) is 29.3 Å². The molecule has 11 heteroatoms. The van der Waals surface area contributed by atoms with Crippen molar-refractivity contribution in [2.45, 2.75) is 4.90 Å². The van der Waals surface area contributed by atoms with Gasteiger partial charge in [-0.25, -0.2) is 13.4 Å². The summed E-state index contributed by atoms with van der Waals surface area (Å²) in [4.78, 5) is 3.98. The molecule has 2 aromatic carbocycles. The lowest BCUT2D eigenvalue weighted by Crippen LogP contribution is -2.15. The van der Waals surface area contributed by atoms with Crippen molar-refractivity contribution in [1.29, 1.82) is 0 Å². The van der Waals surface area contributed by atoms with Gasteiger partial charge in [-0.3, -0.25) is 4.72 Å². The first-order chi connectivity index (χ1) is 13.3. The van der Waals surface area contributed by atoms with Gasteiger partial charge in [0.25, 0.3) is 10.0 Å². The Labute approximate surface area is 175 Å². The number of benzene rings is 2. The van der Waals surface area contributed by atoms with E-state index in [0.717, 1.165) is 0 Å². The van der Waals surface area contributed by atoms with Gasteiger partial charge in [0.2, 0.25) is 0 Å². The molecule has 0 aliphatic carbocycles. The van der Waals surface area contributed by atoms with Crippen LogP contribution < -0.4 is 10.5 Å². The molecular weight excluding hydrogens is 441 g/mol. The van der Waals surface area contributed by atoms with Gasteiger partial charge in [0.05, 0.1) is 21.2 Å². The van der Waals surface area contributed by atoms with Crippen LogP contribution in [0.1, 0.15) is 11.1 Å². The van der Waals surface area contributed by atoms with Crippen LogP contribution in [0.4, 0.5) is 5.13 Å². The summed E-state index contributed by atoms with van der Waals surface area (Å²) < 4.78 is 27.0. The van der Waals surface area contributed by atoms with Crippen molar-refractivity contribution in [2.75, 3.05) is 4.72 Å². The fourth-order valence-corrected chi connectivity index (χ4v) is 4.16. The van der Waals surface area contributed by atoms with E-state index in [0.29, 0.717) is 26.3 Å². The molecule has 3 N–H and O–H groups in total. The van der Waals surface area contributed by atoms with Crippen molar-refractivity contribution in [2.24, 2.45) is 15.9 Å². The maximum atomic E-state index is 12.3. The van der Waals surface area contributed by atoms with Gasteiger partial charge in [0.15, 0.2) is 11.0 Å². The number of rotatable bonds is 6. The number of hydrogen-bond donors (Lipinski definition) is 2. The Bertz CT molecular complexity index is 1130. The molecule has 0 unspecified atom stereocenters. The first-order valence-corrected chi connectivity index (χ1v) is 10.8. The van der Waals surface area contributed by atoms with Crippen LogP contribution in [-0.4, -0.2) is 25.5 Å².